The Labute approximate surface area is 199 Å². The fourth-order valence-electron chi connectivity index (χ4n) is 3.27. The average Bonchev–Trinajstić information content (AvgIpc) is 3.21. The molecule has 0 spiro atoms. The van der Waals surface area contributed by atoms with Gasteiger partial charge in [0.15, 0.2) is 11.4 Å². The first-order chi connectivity index (χ1) is 15.9. The predicted molar refractivity (Wildman–Crippen MR) is 126 cm³/mol. The molecule has 0 saturated heterocycles. The van der Waals surface area contributed by atoms with Gasteiger partial charge in [-0.15, -0.1) is 0 Å². The van der Waals surface area contributed by atoms with Crippen molar-refractivity contribution in [1.82, 2.24) is 9.38 Å². The maximum Gasteiger partial charge on any atom is 0.337 e. The number of nitrogens with zero attached hydrogens (tertiary/aromatic N) is 2. The van der Waals surface area contributed by atoms with Gasteiger partial charge in [-0.3, -0.25) is 4.79 Å². The van der Waals surface area contributed by atoms with Crippen LogP contribution in [0, 0.1) is 6.92 Å². The van der Waals surface area contributed by atoms with E-state index in [4.69, 9.17) is 27.9 Å². The molecule has 0 fully saturated rings. The lowest BCUT2D eigenvalue weighted by Gasteiger charge is -2.14. The third-order valence-corrected chi connectivity index (χ3v) is 5.73. The quantitative estimate of drug-likeness (QED) is 0.362. The number of nitrogens with one attached hydrogen (secondary N) is 1. The highest BCUT2D eigenvalue weighted by atomic mass is 35.5. The number of esters is 1. The van der Waals surface area contributed by atoms with Gasteiger partial charge in [0.05, 0.1) is 29.1 Å². The third-order valence-electron chi connectivity index (χ3n) is 4.94. The van der Waals surface area contributed by atoms with E-state index in [0.717, 1.165) is 5.69 Å². The fourth-order valence-corrected chi connectivity index (χ4v) is 3.80. The molecule has 0 aliphatic heterocycles. The molecule has 168 valence electrons. The van der Waals surface area contributed by atoms with Crippen molar-refractivity contribution < 1.29 is 19.1 Å². The van der Waals surface area contributed by atoms with Crippen molar-refractivity contribution in [3.05, 3.63) is 93.4 Å². The minimum atomic E-state index is -0.478. The molecule has 1 N–H and O–H groups in total. The molecule has 9 heteroatoms. The van der Waals surface area contributed by atoms with Gasteiger partial charge in [-0.25, -0.2) is 9.78 Å². The molecule has 7 nitrogen and oxygen atoms in total. The topological polar surface area (TPSA) is 81.9 Å². The average molecular weight is 484 g/mol. The molecule has 4 rings (SSSR count). The molecule has 33 heavy (non-hydrogen) atoms. The molecule has 1 amide bonds. The zero-order valence-corrected chi connectivity index (χ0v) is 19.3. The number of hydrogen-bond acceptors (Lipinski definition) is 5. The lowest BCUT2D eigenvalue weighted by atomic mass is 10.1. The molecule has 0 atom stereocenters. The number of fused-ring (bicyclic) bond motifs is 1. The highest BCUT2D eigenvalue weighted by molar-refractivity contribution is 6.38. The summed E-state index contributed by atoms with van der Waals surface area (Å²) in [5, 5.41) is 3.45. The molecule has 0 saturated carbocycles. The number of anilines is 1. The van der Waals surface area contributed by atoms with Gasteiger partial charge in [0, 0.05) is 28.5 Å². The van der Waals surface area contributed by atoms with Gasteiger partial charge in [-0.05, 0) is 55.5 Å². The van der Waals surface area contributed by atoms with Crippen LogP contribution in [0.3, 0.4) is 0 Å². The van der Waals surface area contributed by atoms with Crippen LogP contribution in [0.15, 0.2) is 60.9 Å². The molecule has 2 heterocycles. The van der Waals surface area contributed by atoms with Gasteiger partial charge in [-0.1, -0.05) is 23.2 Å². The Kier molecular flexibility index (Phi) is 6.53. The van der Waals surface area contributed by atoms with E-state index in [1.165, 1.54) is 31.4 Å². The summed E-state index contributed by atoms with van der Waals surface area (Å²) >= 11 is 12.9. The molecule has 0 aliphatic carbocycles. The van der Waals surface area contributed by atoms with Crippen molar-refractivity contribution in [3.8, 4) is 5.75 Å². The van der Waals surface area contributed by atoms with E-state index < -0.39 is 5.97 Å². The highest BCUT2D eigenvalue weighted by Gasteiger charge is 2.16. The van der Waals surface area contributed by atoms with Crippen LogP contribution in [0.2, 0.25) is 10.0 Å². The Balaban J connectivity index is 1.53. The zero-order valence-electron chi connectivity index (χ0n) is 17.8. The van der Waals surface area contributed by atoms with Crippen LogP contribution >= 0.6 is 23.2 Å². The molecule has 0 bridgehead atoms. The molecule has 0 unspecified atom stereocenters. The number of hydrogen-bond donors (Lipinski definition) is 1. The van der Waals surface area contributed by atoms with Gasteiger partial charge in [0.1, 0.15) is 6.61 Å². The summed E-state index contributed by atoms with van der Waals surface area (Å²) in [6.45, 7) is 1.99. The smallest absolute Gasteiger partial charge is 0.337 e. The summed E-state index contributed by atoms with van der Waals surface area (Å²) in [5.41, 5.74) is 3.17. The summed E-state index contributed by atoms with van der Waals surface area (Å²) in [5.74, 6) is -0.286. The van der Waals surface area contributed by atoms with Crippen LogP contribution in [-0.2, 0) is 11.3 Å². The molecule has 2 aromatic carbocycles. The van der Waals surface area contributed by atoms with Gasteiger partial charge in [0.25, 0.3) is 5.91 Å². The summed E-state index contributed by atoms with van der Waals surface area (Å²) in [4.78, 5) is 28.7. The third kappa shape index (κ3) is 4.79. The van der Waals surface area contributed by atoms with E-state index in [-0.39, 0.29) is 17.5 Å². The Morgan fingerprint density at radius 2 is 1.79 bits per heavy atom. The van der Waals surface area contributed by atoms with Crippen LogP contribution < -0.4 is 10.1 Å². The number of halogens is 2. The number of pyridine rings is 1. The maximum absolute atomic E-state index is 12.7. The minimum Gasteiger partial charge on any atom is -0.485 e. The summed E-state index contributed by atoms with van der Waals surface area (Å²) in [7, 11) is 1.30. The first-order valence-electron chi connectivity index (χ1n) is 9.91. The zero-order chi connectivity index (χ0) is 23.5. The van der Waals surface area contributed by atoms with Crippen molar-refractivity contribution in [2.75, 3.05) is 12.4 Å². The van der Waals surface area contributed by atoms with E-state index in [1.807, 2.05) is 35.9 Å². The van der Waals surface area contributed by atoms with Crippen molar-refractivity contribution in [2.45, 2.75) is 13.5 Å². The largest absolute Gasteiger partial charge is 0.485 e. The van der Waals surface area contributed by atoms with E-state index in [9.17, 15) is 9.59 Å². The van der Waals surface area contributed by atoms with Gasteiger partial charge in [-0.2, -0.15) is 0 Å². The molecular weight excluding hydrogens is 465 g/mol. The van der Waals surface area contributed by atoms with Crippen LogP contribution in [0.5, 0.6) is 5.75 Å². The van der Waals surface area contributed by atoms with E-state index in [0.29, 0.717) is 38.8 Å². The van der Waals surface area contributed by atoms with Crippen LogP contribution in [-0.4, -0.2) is 28.4 Å². The second-order valence-electron chi connectivity index (χ2n) is 7.18. The minimum absolute atomic E-state index is 0.0841. The van der Waals surface area contributed by atoms with Crippen molar-refractivity contribution >= 4 is 46.4 Å². The number of aryl methyl sites for hydroxylation is 1. The van der Waals surface area contributed by atoms with Crippen LogP contribution in [0.4, 0.5) is 5.69 Å². The number of benzene rings is 2. The lowest BCUT2D eigenvalue weighted by molar-refractivity contribution is 0.0600. The van der Waals surface area contributed by atoms with Gasteiger partial charge in [0.2, 0.25) is 0 Å². The first-order valence-corrected chi connectivity index (χ1v) is 10.7. The summed E-state index contributed by atoms with van der Waals surface area (Å²) in [6.07, 6.45) is 3.78. The first kappa shape index (κ1) is 22.6. The Bertz CT molecular complexity index is 1350. The fraction of sp³-hybridized carbons (Fsp3) is 0.125. The Hall–Kier alpha value is -3.55. The van der Waals surface area contributed by atoms with Crippen LogP contribution in [0.25, 0.3) is 5.65 Å². The normalized spacial score (nSPS) is 10.8. The second-order valence-corrected chi connectivity index (χ2v) is 7.97. The highest BCUT2D eigenvalue weighted by Crippen LogP contribution is 2.33. The lowest BCUT2D eigenvalue weighted by Crippen LogP contribution is -2.13. The van der Waals surface area contributed by atoms with Crippen molar-refractivity contribution in [1.29, 1.82) is 0 Å². The Morgan fingerprint density at radius 3 is 2.52 bits per heavy atom. The number of carbonyl (C=O) groups is 2. The molecule has 2 aromatic heterocycles. The van der Waals surface area contributed by atoms with Gasteiger partial charge < -0.3 is 19.2 Å². The van der Waals surface area contributed by atoms with Crippen LogP contribution in [0.1, 0.15) is 32.0 Å². The number of aromatic nitrogens is 2. The number of imidazole rings is 1. The van der Waals surface area contributed by atoms with Crippen molar-refractivity contribution in [2.24, 2.45) is 0 Å². The number of amides is 1. The standard InChI is InChI=1S/C24H19Cl2N3O4/c1-14-12-29-11-3-4-20(22(29)27-14)33-13-17-18(25)9-10-19(21(17)26)28-23(30)15-5-7-16(8-6-15)24(31)32-2/h3-12H,13H2,1-2H3,(H,28,30). The maximum atomic E-state index is 12.7. The molecule has 0 radical (unpaired) electrons. The van der Waals surface area contributed by atoms with E-state index >= 15 is 0 Å². The van der Waals surface area contributed by atoms with Gasteiger partial charge >= 0.3 is 5.97 Å². The number of rotatable bonds is 6. The van der Waals surface area contributed by atoms with E-state index in [1.54, 1.807) is 12.1 Å². The summed E-state index contributed by atoms with van der Waals surface area (Å²) in [6, 6.07) is 13.0. The second kappa shape index (κ2) is 9.52. The number of carbonyl (C=O) groups excluding carboxylic acids is 2. The SMILES string of the molecule is COC(=O)c1ccc(C(=O)Nc2ccc(Cl)c(COc3cccn4cc(C)nc34)c2Cl)cc1. The van der Waals surface area contributed by atoms with E-state index in [2.05, 4.69) is 15.0 Å². The monoisotopic (exact) mass is 483 g/mol. The predicted octanol–water partition coefficient (Wildman–Crippen LogP) is 5.57. The Morgan fingerprint density at radius 1 is 1.06 bits per heavy atom. The molecular formula is C24H19Cl2N3O4. The molecule has 0 aliphatic rings. The number of ether oxygens (including phenoxy) is 2. The summed E-state index contributed by atoms with van der Waals surface area (Å²) < 4.78 is 12.5. The molecule has 4 aromatic rings. The number of methoxy groups -OCH3 is 1. The van der Waals surface area contributed by atoms with Crippen molar-refractivity contribution in [3.63, 3.8) is 0 Å².